The molecule has 1 aromatic heterocycles. The minimum Gasteiger partial charge on any atom is -0.497 e. The number of methoxy groups -OCH3 is 1. The predicted octanol–water partition coefficient (Wildman–Crippen LogP) is 1.63. The van der Waals surface area contributed by atoms with E-state index < -0.39 is 0 Å². The van der Waals surface area contributed by atoms with Crippen LogP contribution in [0.4, 0.5) is 0 Å². The number of pyridine rings is 1. The van der Waals surface area contributed by atoms with E-state index in [2.05, 4.69) is 4.98 Å². The van der Waals surface area contributed by atoms with Crippen LogP contribution in [0.1, 0.15) is 12.8 Å². The standard InChI is InChI=1S/C9H11NO2/c1-11-8-4-5-10-9(6-8)12-7-2-3-7/h4-7H,2-3H2,1H3. The Bertz CT molecular complexity index is 271. The van der Waals surface area contributed by atoms with Crippen LogP contribution in [0.2, 0.25) is 0 Å². The second kappa shape index (κ2) is 3.01. The molecule has 1 fully saturated rings. The smallest absolute Gasteiger partial charge is 0.217 e. The van der Waals surface area contributed by atoms with Crippen molar-refractivity contribution in [2.24, 2.45) is 0 Å². The van der Waals surface area contributed by atoms with Gasteiger partial charge < -0.3 is 9.47 Å². The Morgan fingerprint density at radius 3 is 3.00 bits per heavy atom. The first-order valence-corrected chi connectivity index (χ1v) is 4.05. The largest absolute Gasteiger partial charge is 0.497 e. The Labute approximate surface area is 71.3 Å². The van der Waals surface area contributed by atoms with E-state index in [9.17, 15) is 0 Å². The minimum absolute atomic E-state index is 0.393. The number of hydrogen-bond donors (Lipinski definition) is 0. The van der Waals surface area contributed by atoms with E-state index in [-0.39, 0.29) is 0 Å². The Morgan fingerprint density at radius 1 is 1.50 bits per heavy atom. The highest BCUT2D eigenvalue weighted by atomic mass is 16.5. The van der Waals surface area contributed by atoms with Crippen molar-refractivity contribution < 1.29 is 9.47 Å². The fraction of sp³-hybridized carbons (Fsp3) is 0.444. The molecule has 0 N–H and O–H groups in total. The first-order valence-electron chi connectivity index (χ1n) is 4.05. The zero-order valence-corrected chi connectivity index (χ0v) is 6.99. The molecule has 0 unspecified atom stereocenters. The molecule has 0 amide bonds. The lowest BCUT2D eigenvalue weighted by molar-refractivity contribution is 0.288. The molecule has 0 aliphatic heterocycles. The maximum Gasteiger partial charge on any atom is 0.217 e. The van der Waals surface area contributed by atoms with Gasteiger partial charge in [0.15, 0.2) is 0 Å². The van der Waals surface area contributed by atoms with Gasteiger partial charge in [-0.25, -0.2) is 4.98 Å². The van der Waals surface area contributed by atoms with Crippen molar-refractivity contribution in [2.75, 3.05) is 7.11 Å². The fourth-order valence-corrected chi connectivity index (χ4v) is 0.939. The highest BCUT2D eigenvalue weighted by molar-refractivity contribution is 5.26. The van der Waals surface area contributed by atoms with Gasteiger partial charge in [-0.05, 0) is 18.9 Å². The van der Waals surface area contributed by atoms with E-state index in [1.807, 2.05) is 0 Å². The van der Waals surface area contributed by atoms with Gasteiger partial charge in [0.25, 0.3) is 0 Å². The van der Waals surface area contributed by atoms with E-state index in [0.717, 1.165) is 18.6 Å². The molecule has 12 heavy (non-hydrogen) atoms. The molecule has 1 heterocycles. The van der Waals surface area contributed by atoms with Gasteiger partial charge in [-0.15, -0.1) is 0 Å². The molecule has 64 valence electrons. The SMILES string of the molecule is COc1ccnc(OC2CC2)c1. The van der Waals surface area contributed by atoms with Gasteiger partial charge in [-0.3, -0.25) is 0 Å². The molecule has 0 atom stereocenters. The lowest BCUT2D eigenvalue weighted by atomic mass is 10.4. The van der Waals surface area contributed by atoms with E-state index in [0.29, 0.717) is 12.0 Å². The molecule has 3 heteroatoms. The summed E-state index contributed by atoms with van der Waals surface area (Å²) in [4.78, 5) is 4.07. The molecule has 2 rings (SSSR count). The summed E-state index contributed by atoms with van der Waals surface area (Å²) in [6.07, 6.45) is 4.39. The molecule has 0 spiro atoms. The average molecular weight is 165 g/mol. The molecular weight excluding hydrogens is 154 g/mol. The Hall–Kier alpha value is -1.25. The van der Waals surface area contributed by atoms with E-state index >= 15 is 0 Å². The third kappa shape index (κ3) is 1.67. The van der Waals surface area contributed by atoms with Crippen LogP contribution < -0.4 is 9.47 Å². The van der Waals surface area contributed by atoms with E-state index in [1.165, 1.54) is 0 Å². The predicted molar refractivity (Wildman–Crippen MR) is 44.4 cm³/mol. The molecule has 3 nitrogen and oxygen atoms in total. The zero-order chi connectivity index (χ0) is 8.39. The van der Waals surface area contributed by atoms with Crippen molar-refractivity contribution in [1.82, 2.24) is 4.98 Å². The highest BCUT2D eigenvalue weighted by Crippen LogP contribution is 2.26. The Kier molecular flexibility index (Phi) is 1.86. The summed E-state index contributed by atoms with van der Waals surface area (Å²) in [6.45, 7) is 0. The molecule has 1 aromatic rings. The molecular formula is C9H11NO2. The van der Waals surface area contributed by atoms with Crippen LogP contribution >= 0.6 is 0 Å². The second-order valence-corrected chi connectivity index (χ2v) is 2.85. The van der Waals surface area contributed by atoms with Gasteiger partial charge in [-0.1, -0.05) is 0 Å². The van der Waals surface area contributed by atoms with Crippen molar-refractivity contribution in [2.45, 2.75) is 18.9 Å². The van der Waals surface area contributed by atoms with Crippen molar-refractivity contribution in [3.63, 3.8) is 0 Å². The number of rotatable bonds is 3. The number of ether oxygens (including phenoxy) is 2. The van der Waals surface area contributed by atoms with Gasteiger partial charge in [0, 0.05) is 12.3 Å². The average Bonchev–Trinajstić information content (AvgIpc) is 2.89. The highest BCUT2D eigenvalue weighted by Gasteiger charge is 2.23. The van der Waals surface area contributed by atoms with E-state index in [4.69, 9.17) is 9.47 Å². The summed E-state index contributed by atoms with van der Waals surface area (Å²) in [7, 11) is 1.64. The Balaban J connectivity index is 2.08. The van der Waals surface area contributed by atoms with Crippen molar-refractivity contribution in [1.29, 1.82) is 0 Å². The van der Waals surface area contributed by atoms with Gasteiger partial charge in [0.05, 0.1) is 7.11 Å². The van der Waals surface area contributed by atoms with Crippen LogP contribution in [0, 0.1) is 0 Å². The van der Waals surface area contributed by atoms with Crippen molar-refractivity contribution in [3.8, 4) is 11.6 Å². The van der Waals surface area contributed by atoms with Crippen molar-refractivity contribution >= 4 is 0 Å². The molecule has 1 saturated carbocycles. The third-order valence-electron chi connectivity index (χ3n) is 1.75. The summed E-state index contributed by atoms with van der Waals surface area (Å²) in [5.41, 5.74) is 0. The zero-order valence-electron chi connectivity index (χ0n) is 6.99. The first-order chi connectivity index (χ1) is 5.88. The molecule has 1 aliphatic carbocycles. The minimum atomic E-state index is 0.393. The summed E-state index contributed by atoms with van der Waals surface area (Å²) in [5.74, 6) is 1.46. The first kappa shape index (κ1) is 7.40. The second-order valence-electron chi connectivity index (χ2n) is 2.85. The van der Waals surface area contributed by atoms with Crippen LogP contribution in [-0.4, -0.2) is 18.2 Å². The number of nitrogens with zero attached hydrogens (tertiary/aromatic N) is 1. The topological polar surface area (TPSA) is 31.4 Å². The fourth-order valence-electron chi connectivity index (χ4n) is 0.939. The van der Waals surface area contributed by atoms with Crippen LogP contribution in [0.3, 0.4) is 0 Å². The van der Waals surface area contributed by atoms with Crippen molar-refractivity contribution in [3.05, 3.63) is 18.3 Å². The van der Waals surface area contributed by atoms with Crippen LogP contribution in [0.15, 0.2) is 18.3 Å². The molecule has 0 aromatic carbocycles. The summed E-state index contributed by atoms with van der Waals surface area (Å²) < 4.78 is 10.5. The monoisotopic (exact) mass is 165 g/mol. The maximum absolute atomic E-state index is 5.48. The summed E-state index contributed by atoms with van der Waals surface area (Å²) >= 11 is 0. The van der Waals surface area contributed by atoms with Gasteiger partial charge in [-0.2, -0.15) is 0 Å². The summed E-state index contributed by atoms with van der Waals surface area (Å²) in [5, 5.41) is 0. The number of hydrogen-bond acceptors (Lipinski definition) is 3. The molecule has 0 bridgehead atoms. The lowest BCUT2D eigenvalue weighted by Crippen LogP contribution is -1.97. The molecule has 0 saturated heterocycles. The van der Waals surface area contributed by atoms with Gasteiger partial charge >= 0.3 is 0 Å². The van der Waals surface area contributed by atoms with Gasteiger partial charge in [0.2, 0.25) is 5.88 Å². The van der Waals surface area contributed by atoms with Gasteiger partial charge in [0.1, 0.15) is 11.9 Å². The van der Waals surface area contributed by atoms with E-state index in [1.54, 1.807) is 25.4 Å². The maximum atomic E-state index is 5.48. The van der Waals surface area contributed by atoms with Crippen LogP contribution in [0.5, 0.6) is 11.6 Å². The third-order valence-corrected chi connectivity index (χ3v) is 1.75. The molecule has 1 aliphatic rings. The Morgan fingerprint density at radius 2 is 2.33 bits per heavy atom. The van der Waals surface area contributed by atoms with Crippen LogP contribution in [-0.2, 0) is 0 Å². The number of aromatic nitrogens is 1. The van der Waals surface area contributed by atoms with Crippen LogP contribution in [0.25, 0.3) is 0 Å². The quantitative estimate of drug-likeness (QED) is 0.682. The summed E-state index contributed by atoms with van der Waals surface area (Å²) in [6, 6.07) is 3.61. The normalized spacial score (nSPS) is 15.8. The molecule has 0 radical (unpaired) electrons. The lowest BCUT2D eigenvalue weighted by Gasteiger charge is -2.03.